The maximum Gasteiger partial charge on any atom is 0.253 e. The third kappa shape index (κ3) is 6.74. The zero-order valence-electron chi connectivity index (χ0n) is 17.8. The van der Waals surface area contributed by atoms with Crippen molar-refractivity contribution in [2.75, 3.05) is 53.0 Å². The van der Waals surface area contributed by atoms with E-state index in [0.29, 0.717) is 34.1 Å². The van der Waals surface area contributed by atoms with Crippen LogP contribution in [0.15, 0.2) is 41.7 Å². The summed E-state index contributed by atoms with van der Waals surface area (Å²) in [6.07, 6.45) is 4.56. The predicted molar refractivity (Wildman–Crippen MR) is 122 cm³/mol. The summed E-state index contributed by atoms with van der Waals surface area (Å²) in [5, 5.41) is 5.80. The second kappa shape index (κ2) is 12.1. The lowest BCUT2D eigenvalue weighted by molar-refractivity contribution is 0.0383. The van der Waals surface area contributed by atoms with E-state index in [4.69, 9.17) is 21.1 Å². The van der Waals surface area contributed by atoms with Gasteiger partial charge in [-0.2, -0.15) is 0 Å². The van der Waals surface area contributed by atoms with E-state index in [9.17, 15) is 9.59 Å². The number of aliphatic imine (C=N–C) groups is 1. The largest absolute Gasteiger partial charge is 0.488 e. The van der Waals surface area contributed by atoms with Gasteiger partial charge in [0.25, 0.3) is 11.8 Å². The molecule has 2 aromatic rings. The number of benzene rings is 1. The summed E-state index contributed by atoms with van der Waals surface area (Å²) in [6, 6.07) is 6.49. The number of rotatable bonds is 9. The molecule has 1 aliphatic rings. The second-order valence-electron chi connectivity index (χ2n) is 6.95. The Morgan fingerprint density at radius 3 is 2.84 bits per heavy atom. The summed E-state index contributed by atoms with van der Waals surface area (Å²) in [5.41, 5.74) is 1.20. The van der Waals surface area contributed by atoms with Gasteiger partial charge in [-0.1, -0.05) is 11.6 Å². The van der Waals surface area contributed by atoms with Crippen LogP contribution in [0, 0.1) is 0 Å². The Morgan fingerprint density at radius 2 is 2.06 bits per heavy atom. The third-order valence-electron chi connectivity index (χ3n) is 4.83. The average molecular weight is 460 g/mol. The number of nitrogens with zero attached hydrogens (tertiary/aromatic N) is 3. The SMILES string of the molecule is CNC(=O)c1ccncc1N=CCOc1ccc(Cl)c(C(=O)NCCN2CCOCC2)c1. The molecule has 1 fully saturated rings. The van der Waals surface area contributed by atoms with E-state index in [0.717, 1.165) is 32.8 Å². The van der Waals surface area contributed by atoms with Gasteiger partial charge < -0.3 is 20.1 Å². The molecule has 0 aliphatic carbocycles. The summed E-state index contributed by atoms with van der Waals surface area (Å²) in [7, 11) is 1.55. The van der Waals surface area contributed by atoms with Crippen LogP contribution in [0.5, 0.6) is 5.75 Å². The van der Waals surface area contributed by atoms with Crippen molar-refractivity contribution in [3.05, 3.63) is 52.8 Å². The minimum atomic E-state index is -0.257. The van der Waals surface area contributed by atoms with Crippen molar-refractivity contribution in [3.8, 4) is 5.75 Å². The van der Waals surface area contributed by atoms with Gasteiger partial charge in [-0.05, 0) is 24.3 Å². The number of aromatic nitrogens is 1. The maximum atomic E-state index is 12.5. The first-order valence-corrected chi connectivity index (χ1v) is 10.7. The first-order chi connectivity index (χ1) is 15.6. The van der Waals surface area contributed by atoms with Crippen molar-refractivity contribution in [2.24, 2.45) is 4.99 Å². The Labute approximate surface area is 191 Å². The molecule has 1 saturated heterocycles. The average Bonchev–Trinajstić information content (AvgIpc) is 2.83. The van der Waals surface area contributed by atoms with Gasteiger partial charge in [-0.25, -0.2) is 0 Å². The number of carbonyl (C=O) groups is 2. The van der Waals surface area contributed by atoms with Crippen LogP contribution in [0.4, 0.5) is 5.69 Å². The number of nitrogens with one attached hydrogen (secondary N) is 2. The van der Waals surface area contributed by atoms with Crippen LogP contribution >= 0.6 is 11.6 Å². The Morgan fingerprint density at radius 1 is 1.25 bits per heavy atom. The number of morpholine rings is 1. The highest BCUT2D eigenvalue weighted by molar-refractivity contribution is 6.33. The highest BCUT2D eigenvalue weighted by atomic mass is 35.5. The minimum Gasteiger partial charge on any atom is -0.488 e. The van der Waals surface area contributed by atoms with Crippen LogP contribution in [0.1, 0.15) is 20.7 Å². The van der Waals surface area contributed by atoms with Crippen LogP contribution in [0.2, 0.25) is 5.02 Å². The van der Waals surface area contributed by atoms with Gasteiger partial charge in [0.05, 0.1) is 41.2 Å². The third-order valence-corrected chi connectivity index (χ3v) is 5.16. The normalized spacial score (nSPS) is 14.3. The van der Waals surface area contributed by atoms with Crippen molar-refractivity contribution in [2.45, 2.75) is 0 Å². The van der Waals surface area contributed by atoms with E-state index in [1.165, 1.54) is 18.6 Å². The molecule has 0 saturated carbocycles. The van der Waals surface area contributed by atoms with Crippen LogP contribution in [-0.4, -0.2) is 81.0 Å². The summed E-state index contributed by atoms with van der Waals surface area (Å²) >= 11 is 6.21. The van der Waals surface area contributed by atoms with E-state index in [1.54, 1.807) is 31.3 Å². The fraction of sp³-hybridized carbons (Fsp3) is 0.364. The van der Waals surface area contributed by atoms with Gasteiger partial charge in [0, 0.05) is 45.6 Å². The number of hydrogen-bond acceptors (Lipinski definition) is 7. The molecular weight excluding hydrogens is 434 g/mol. The van der Waals surface area contributed by atoms with Crippen molar-refractivity contribution >= 4 is 35.3 Å². The van der Waals surface area contributed by atoms with Crippen LogP contribution < -0.4 is 15.4 Å². The van der Waals surface area contributed by atoms with Crippen LogP contribution in [0.25, 0.3) is 0 Å². The van der Waals surface area contributed by atoms with Gasteiger partial charge in [0.15, 0.2) is 0 Å². The molecule has 1 aliphatic heterocycles. The number of carbonyl (C=O) groups excluding carboxylic acids is 2. The minimum absolute atomic E-state index is 0.141. The van der Waals surface area contributed by atoms with Crippen molar-refractivity contribution < 1.29 is 19.1 Å². The molecule has 2 heterocycles. The van der Waals surface area contributed by atoms with E-state index in [1.807, 2.05) is 0 Å². The second-order valence-corrected chi connectivity index (χ2v) is 7.35. The summed E-state index contributed by atoms with van der Waals surface area (Å²) < 4.78 is 11.0. The number of halogens is 1. The number of ether oxygens (including phenoxy) is 2. The van der Waals surface area contributed by atoms with E-state index < -0.39 is 0 Å². The smallest absolute Gasteiger partial charge is 0.253 e. The molecule has 3 rings (SSSR count). The number of hydrogen-bond donors (Lipinski definition) is 2. The number of pyridine rings is 1. The fourth-order valence-corrected chi connectivity index (χ4v) is 3.30. The molecule has 1 aromatic carbocycles. The van der Waals surface area contributed by atoms with E-state index in [-0.39, 0.29) is 18.4 Å². The van der Waals surface area contributed by atoms with E-state index >= 15 is 0 Å². The molecule has 32 heavy (non-hydrogen) atoms. The van der Waals surface area contributed by atoms with Crippen molar-refractivity contribution in [3.63, 3.8) is 0 Å². The zero-order valence-corrected chi connectivity index (χ0v) is 18.6. The summed E-state index contributed by atoms with van der Waals surface area (Å²) in [6.45, 7) is 4.59. The highest BCUT2D eigenvalue weighted by Gasteiger charge is 2.14. The lowest BCUT2D eigenvalue weighted by Gasteiger charge is -2.26. The summed E-state index contributed by atoms with van der Waals surface area (Å²) in [4.78, 5) is 34.9. The van der Waals surface area contributed by atoms with Crippen LogP contribution in [-0.2, 0) is 4.74 Å². The van der Waals surface area contributed by atoms with Gasteiger partial charge in [0.2, 0.25) is 0 Å². The topological polar surface area (TPSA) is 105 Å². The molecule has 2 N–H and O–H groups in total. The first-order valence-electron chi connectivity index (χ1n) is 10.3. The maximum absolute atomic E-state index is 12.5. The molecule has 2 amide bonds. The molecule has 0 radical (unpaired) electrons. The molecule has 1 aromatic heterocycles. The quantitative estimate of drug-likeness (QED) is 0.555. The molecule has 10 heteroatoms. The first kappa shape index (κ1) is 23.6. The van der Waals surface area contributed by atoms with Crippen molar-refractivity contribution in [1.29, 1.82) is 0 Å². The van der Waals surface area contributed by atoms with Gasteiger partial charge >= 0.3 is 0 Å². The number of amides is 2. The Balaban J connectivity index is 1.53. The fourth-order valence-electron chi connectivity index (χ4n) is 3.10. The molecule has 170 valence electrons. The van der Waals surface area contributed by atoms with Gasteiger partial charge in [-0.15, -0.1) is 0 Å². The predicted octanol–water partition coefficient (Wildman–Crippen LogP) is 1.94. The lowest BCUT2D eigenvalue weighted by atomic mass is 10.2. The van der Waals surface area contributed by atoms with Crippen LogP contribution in [0.3, 0.4) is 0 Å². The van der Waals surface area contributed by atoms with Crippen molar-refractivity contribution in [1.82, 2.24) is 20.5 Å². The monoisotopic (exact) mass is 459 g/mol. The molecule has 0 atom stereocenters. The molecule has 0 bridgehead atoms. The van der Waals surface area contributed by atoms with Gasteiger partial charge in [-0.3, -0.25) is 24.5 Å². The molecule has 0 spiro atoms. The molecule has 9 nitrogen and oxygen atoms in total. The van der Waals surface area contributed by atoms with E-state index in [2.05, 4.69) is 25.5 Å². The lowest BCUT2D eigenvalue weighted by Crippen LogP contribution is -2.41. The highest BCUT2D eigenvalue weighted by Crippen LogP contribution is 2.22. The summed E-state index contributed by atoms with van der Waals surface area (Å²) in [5.74, 6) is -0.0210. The molecular formula is C22H26ClN5O4. The Kier molecular flexibility index (Phi) is 8.97. The Bertz CT molecular complexity index is 963. The zero-order chi connectivity index (χ0) is 22.8. The van der Waals surface area contributed by atoms with Gasteiger partial charge in [0.1, 0.15) is 12.4 Å². The standard InChI is InChI=1S/C22H26ClN5O4/c1-24-21(29)17-4-5-25-15-20(17)26-7-11-32-16-2-3-19(23)18(14-16)22(30)27-6-8-28-9-12-31-13-10-28/h2-5,7,14-15H,6,8-13H2,1H3,(H,24,29)(H,27,30). The Hall–Kier alpha value is -3.01. The molecule has 0 unspecified atom stereocenters.